The molecule has 1 aliphatic rings. The Morgan fingerprint density at radius 1 is 1.15 bits per heavy atom. The van der Waals surface area contributed by atoms with Gasteiger partial charge in [-0.15, -0.1) is 0 Å². The first-order valence-corrected chi connectivity index (χ1v) is 7.56. The predicted molar refractivity (Wildman–Crippen MR) is 83.9 cm³/mol. The number of nitrogens with zero attached hydrogens (tertiary/aromatic N) is 3. The fourth-order valence-corrected chi connectivity index (χ4v) is 2.30. The van der Waals surface area contributed by atoms with Gasteiger partial charge >= 0.3 is 0 Å². The van der Waals surface area contributed by atoms with Gasteiger partial charge < -0.3 is 10.2 Å². The SMILES string of the molecule is CC1(C)CCN(c2cnc(CNC(C)(C)C)cn2)CC1. The average Bonchev–Trinajstić information content (AvgIpc) is 2.36. The molecule has 1 saturated heterocycles. The highest BCUT2D eigenvalue weighted by atomic mass is 15.2. The van der Waals surface area contributed by atoms with Crippen LogP contribution in [0.25, 0.3) is 0 Å². The molecule has 2 rings (SSSR count). The third-order valence-electron chi connectivity index (χ3n) is 3.93. The molecule has 20 heavy (non-hydrogen) atoms. The minimum atomic E-state index is 0.110. The molecule has 1 aromatic heterocycles. The van der Waals surface area contributed by atoms with E-state index in [1.807, 2.05) is 12.4 Å². The largest absolute Gasteiger partial charge is 0.355 e. The monoisotopic (exact) mass is 276 g/mol. The van der Waals surface area contributed by atoms with Crippen LogP contribution in [0.5, 0.6) is 0 Å². The molecule has 1 N–H and O–H groups in total. The second-order valence-corrected chi connectivity index (χ2v) is 7.62. The summed E-state index contributed by atoms with van der Waals surface area (Å²) in [6.45, 7) is 14.1. The summed E-state index contributed by atoms with van der Waals surface area (Å²) in [6.07, 6.45) is 6.26. The Morgan fingerprint density at radius 3 is 2.30 bits per heavy atom. The van der Waals surface area contributed by atoms with Crippen LogP contribution < -0.4 is 10.2 Å². The molecule has 0 amide bonds. The van der Waals surface area contributed by atoms with Crippen LogP contribution in [0.1, 0.15) is 53.2 Å². The number of hydrogen-bond acceptors (Lipinski definition) is 4. The van der Waals surface area contributed by atoms with E-state index in [0.717, 1.165) is 31.1 Å². The Bertz CT molecular complexity index is 421. The lowest BCUT2D eigenvalue weighted by Crippen LogP contribution is -2.38. The first kappa shape index (κ1) is 15.2. The van der Waals surface area contributed by atoms with Crippen molar-refractivity contribution in [2.24, 2.45) is 5.41 Å². The molecule has 4 nitrogen and oxygen atoms in total. The summed E-state index contributed by atoms with van der Waals surface area (Å²) < 4.78 is 0. The molecule has 0 atom stereocenters. The van der Waals surface area contributed by atoms with Crippen molar-refractivity contribution in [1.29, 1.82) is 0 Å². The maximum Gasteiger partial charge on any atom is 0.147 e. The van der Waals surface area contributed by atoms with Crippen molar-refractivity contribution in [2.45, 2.75) is 59.5 Å². The van der Waals surface area contributed by atoms with Gasteiger partial charge in [0.05, 0.1) is 18.1 Å². The number of aromatic nitrogens is 2. The van der Waals surface area contributed by atoms with Gasteiger partial charge in [-0.3, -0.25) is 4.98 Å². The second kappa shape index (κ2) is 5.68. The van der Waals surface area contributed by atoms with Crippen LogP contribution in [-0.4, -0.2) is 28.6 Å². The van der Waals surface area contributed by atoms with Crippen LogP contribution >= 0.6 is 0 Å². The first-order chi connectivity index (χ1) is 9.25. The van der Waals surface area contributed by atoms with Gasteiger partial charge in [-0.05, 0) is 39.0 Å². The van der Waals surface area contributed by atoms with Gasteiger partial charge in [-0.25, -0.2) is 4.98 Å². The van der Waals surface area contributed by atoms with Gasteiger partial charge in [0.25, 0.3) is 0 Å². The summed E-state index contributed by atoms with van der Waals surface area (Å²) in [4.78, 5) is 11.4. The van der Waals surface area contributed by atoms with E-state index in [-0.39, 0.29) is 5.54 Å². The minimum absolute atomic E-state index is 0.110. The van der Waals surface area contributed by atoms with Crippen LogP contribution in [0, 0.1) is 5.41 Å². The van der Waals surface area contributed by atoms with E-state index >= 15 is 0 Å². The molecule has 0 unspecified atom stereocenters. The average molecular weight is 276 g/mol. The van der Waals surface area contributed by atoms with Gasteiger partial charge in [0.2, 0.25) is 0 Å². The molecular formula is C16H28N4. The summed E-state index contributed by atoms with van der Waals surface area (Å²) in [5.41, 5.74) is 1.58. The van der Waals surface area contributed by atoms with E-state index < -0.39 is 0 Å². The van der Waals surface area contributed by atoms with Crippen LogP contribution in [0.15, 0.2) is 12.4 Å². The zero-order chi connectivity index (χ0) is 14.8. The number of piperidine rings is 1. The fraction of sp³-hybridized carbons (Fsp3) is 0.750. The van der Waals surface area contributed by atoms with E-state index in [2.05, 4.69) is 54.8 Å². The molecule has 0 aliphatic carbocycles. The van der Waals surface area contributed by atoms with Crippen LogP contribution in [0.2, 0.25) is 0 Å². The van der Waals surface area contributed by atoms with Crippen LogP contribution in [0.4, 0.5) is 5.82 Å². The summed E-state index contributed by atoms with van der Waals surface area (Å²) in [5, 5.41) is 3.43. The zero-order valence-corrected chi connectivity index (χ0v) is 13.5. The molecule has 112 valence electrons. The molecule has 1 aliphatic heterocycles. The Hall–Kier alpha value is -1.16. The molecule has 1 aromatic rings. The predicted octanol–water partition coefficient (Wildman–Crippen LogP) is 2.99. The Balaban J connectivity index is 1.92. The number of nitrogens with one attached hydrogen (secondary N) is 1. The molecule has 0 aromatic carbocycles. The summed E-state index contributed by atoms with van der Waals surface area (Å²) in [6, 6.07) is 0. The highest BCUT2D eigenvalue weighted by Gasteiger charge is 2.26. The van der Waals surface area contributed by atoms with Crippen LogP contribution in [-0.2, 0) is 6.54 Å². The quantitative estimate of drug-likeness (QED) is 0.921. The van der Waals surface area contributed by atoms with Crippen molar-refractivity contribution in [3.63, 3.8) is 0 Å². The maximum absolute atomic E-state index is 4.57. The third kappa shape index (κ3) is 4.44. The second-order valence-electron chi connectivity index (χ2n) is 7.62. The van der Waals surface area contributed by atoms with Gasteiger partial charge in [-0.2, -0.15) is 0 Å². The van der Waals surface area contributed by atoms with Gasteiger partial charge in [0, 0.05) is 25.2 Å². The first-order valence-electron chi connectivity index (χ1n) is 7.56. The highest BCUT2D eigenvalue weighted by molar-refractivity contribution is 5.36. The maximum atomic E-state index is 4.57. The van der Waals surface area contributed by atoms with Crippen molar-refractivity contribution in [1.82, 2.24) is 15.3 Å². The molecule has 1 fully saturated rings. The van der Waals surface area contributed by atoms with Crippen molar-refractivity contribution >= 4 is 5.82 Å². The van der Waals surface area contributed by atoms with E-state index in [4.69, 9.17) is 0 Å². The number of anilines is 1. The summed E-state index contributed by atoms with van der Waals surface area (Å²) >= 11 is 0. The molecule has 2 heterocycles. The van der Waals surface area contributed by atoms with E-state index in [0.29, 0.717) is 5.41 Å². The molecule has 0 radical (unpaired) electrons. The van der Waals surface area contributed by atoms with Crippen molar-refractivity contribution in [3.05, 3.63) is 18.1 Å². The lowest BCUT2D eigenvalue weighted by molar-refractivity contribution is 0.279. The fourth-order valence-electron chi connectivity index (χ4n) is 2.30. The lowest BCUT2D eigenvalue weighted by Gasteiger charge is -2.37. The zero-order valence-electron chi connectivity index (χ0n) is 13.5. The molecule has 0 bridgehead atoms. The number of rotatable bonds is 3. The van der Waals surface area contributed by atoms with E-state index in [1.54, 1.807) is 0 Å². The molecular weight excluding hydrogens is 248 g/mol. The number of hydrogen-bond donors (Lipinski definition) is 1. The summed E-state index contributed by atoms with van der Waals surface area (Å²) in [5.74, 6) is 1.01. The smallest absolute Gasteiger partial charge is 0.147 e. The van der Waals surface area contributed by atoms with Crippen molar-refractivity contribution < 1.29 is 0 Å². The van der Waals surface area contributed by atoms with Crippen LogP contribution in [0.3, 0.4) is 0 Å². The van der Waals surface area contributed by atoms with E-state index in [9.17, 15) is 0 Å². The van der Waals surface area contributed by atoms with Crippen molar-refractivity contribution in [2.75, 3.05) is 18.0 Å². The Labute approximate surface area is 123 Å². The van der Waals surface area contributed by atoms with E-state index in [1.165, 1.54) is 12.8 Å². The standard InChI is InChI=1S/C16H28N4/c1-15(2,3)19-11-13-10-18-14(12-17-13)20-8-6-16(4,5)7-9-20/h10,12,19H,6-9,11H2,1-5H3. The minimum Gasteiger partial charge on any atom is -0.355 e. The normalized spacial score (nSPS) is 19.1. The summed E-state index contributed by atoms with van der Waals surface area (Å²) in [7, 11) is 0. The molecule has 4 heteroatoms. The molecule has 0 saturated carbocycles. The van der Waals surface area contributed by atoms with Gasteiger partial charge in [0.15, 0.2) is 0 Å². The van der Waals surface area contributed by atoms with Gasteiger partial charge in [-0.1, -0.05) is 13.8 Å². The topological polar surface area (TPSA) is 41.1 Å². The Morgan fingerprint density at radius 2 is 1.80 bits per heavy atom. The highest BCUT2D eigenvalue weighted by Crippen LogP contribution is 2.31. The third-order valence-corrected chi connectivity index (χ3v) is 3.93. The molecule has 0 spiro atoms. The Kier molecular flexibility index (Phi) is 4.33. The lowest BCUT2D eigenvalue weighted by atomic mass is 9.83. The van der Waals surface area contributed by atoms with Gasteiger partial charge in [0.1, 0.15) is 5.82 Å². The van der Waals surface area contributed by atoms with Crippen molar-refractivity contribution in [3.8, 4) is 0 Å².